The highest BCUT2D eigenvalue weighted by Gasteiger charge is 2.29. The molecule has 4 unspecified atom stereocenters. The van der Waals surface area contributed by atoms with E-state index in [1.165, 1.54) is 0 Å². The number of urea groups is 1. The molecule has 22 heavy (non-hydrogen) atoms. The van der Waals surface area contributed by atoms with Crippen molar-refractivity contribution < 1.29 is 14.1 Å². The number of piperidine rings is 1. The number of hydrogen-bond donors (Lipinski definition) is 2. The smallest absolute Gasteiger partial charge is 0.317 e. The summed E-state index contributed by atoms with van der Waals surface area (Å²) >= 11 is 0. The highest BCUT2D eigenvalue weighted by atomic mass is 32.2. The van der Waals surface area contributed by atoms with E-state index in [9.17, 15) is 14.1 Å². The maximum atomic E-state index is 12.4. The van der Waals surface area contributed by atoms with Crippen molar-refractivity contribution in [3.8, 4) is 0 Å². The maximum Gasteiger partial charge on any atom is 0.317 e. The molecule has 6 heteroatoms. The lowest BCUT2D eigenvalue weighted by Gasteiger charge is -2.35. The first-order valence-corrected chi connectivity index (χ1v) is 10.00. The SMILES string of the molecule is CCS(=O)C1CCCC(NC(=O)N2CCC(C(C)O)CC2)C1. The van der Waals surface area contributed by atoms with Crippen LogP contribution in [-0.4, -0.2) is 56.5 Å². The number of nitrogens with one attached hydrogen (secondary N) is 1. The van der Waals surface area contributed by atoms with E-state index in [2.05, 4.69) is 5.32 Å². The summed E-state index contributed by atoms with van der Waals surface area (Å²) in [6.07, 6.45) is 5.37. The summed E-state index contributed by atoms with van der Waals surface area (Å²) in [7, 11) is -0.756. The van der Waals surface area contributed by atoms with E-state index in [1.54, 1.807) is 0 Å². The van der Waals surface area contributed by atoms with Crippen molar-refractivity contribution in [1.82, 2.24) is 10.2 Å². The second kappa shape index (κ2) is 8.29. The fourth-order valence-electron chi connectivity index (χ4n) is 3.60. The molecule has 0 aromatic heterocycles. The normalized spacial score (nSPS) is 29.9. The van der Waals surface area contributed by atoms with Gasteiger partial charge in [0.1, 0.15) is 0 Å². The van der Waals surface area contributed by atoms with Crippen LogP contribution < -0.4 is 5.32 Å². The minimum absolute atomic E-state index is 0.0111. The van der Waals surface area contributed by atoms with Crippen LogP contribution in [0.25, 0.3) is 0 Å². The fraction of sp³-hybridized carbons (Fsp3) is 0.938. The number of carbonyl (C=O) groups excluding carboxylic acids is 1. The summed E-state index contributed by atoms with van der Waals surface area (Å²) in [4.78, 5) is 14.2. The van der Waals surface area contributed by atoms with Gasteiger partial charge in [0, 0.05) is 40.9 Å². The van der Waals surface area contributed by atoms with Crippen molar-refractivity contribution in [3.63, 3.8) is 0 Å². The number of nitrogens with zero attached hydrogens (tertiary/aromatic N) is 1. The van der Waals surface area contributed by atoms with Crippen LogP contribution in [-0.2, 0) is 10.8 Å². The quantitative estimate of drug-likeness (QED) is 0.827. The largest absolute Gasteiger partial charge is 0.393 e. The molecule has 2 rings (SSSR count). The molecular formula is C16H30N2O3S. The molecule has 2 N–H and O–H groups in total. The fourth-order valence-corrected chi connectivity index (χ4v) is 4.95. The molecule has 0 aromatic rings. The van der Waals surface area contributed by atoms with Crippen LogP contribution in [0.2, 0.25) is 0 Å². The zero-order chi connectivity index (χ0) is 16.1. The Morgan fingerprint density at radius 1 is 1.32 bits per heavy atom. The van der Waals surface area contributed by atoms with Gasteiger partial charge in [-0.25, -0.2) is 4.79 Å². The van der Waals surface area contributed by atoms with Crippen LogP contribution in [0.15, 0.2) is 0 Å². The number of rotatable bonds is 4. The first kappa shape index (κ1) is 17.7. The second-order valence-electron chi connectivity index (χ2n) is 6.67. The molecule has 0 aromatic carbocycles. The molecule has 5 nitrogen and oxygen atoms in total. The number of hydrogen-bond acceptors (Lipinski definition) is 3. The average Bonchev–Trinajstić information content (AvgIpc) is 2.54. The molecule has 1 heterocycles. The van der Waals surface area contributed by atoms with E-state index < -0.39 is 10.8 Å². The van der Waals surface area contributed by atoms with Crippen LogP contribution in [0.1, 0.15) is 52.4 Å². The van der Waals surface area contributed by atoms with Gasteiger partial charge >= 0.3 is 6.03 Å². The molecule has 128 valence electrons. The minimum Gasteiger partial charge on any atom is -0.393 e. The Morgan fingerprint density at radius 3 is 2.59 bits per heavy atom. The summed E-state index contributed by atoms with van der Waals surface area (Å²) < 4.78 is 12.0. The van der Waals surface area contributed by atoms with Gasteiger partial charge in [0.2, 0.25) is 0 Å². The van der Waals surface area contributed by atoms with Gasteiger partial charge in [0.25, 0.3) is 0 Å². The van der Waals surface area contributed by atoms with Gasteiger partial charge in [-0.05, 0) is 44.9 Å². The van der Waals surface area contributed by atoms with E-state index in [-0.39, 0.29) is 23.4 Å². The van der Waals surface area contributed by atoms with Crippen molar-refractivity contribution in [2.24, 2.45) is 5.92 Å². The molecule has 0 bridgehead atoms. The average molecular weight is 330 g/mol. The molecule has 1 saturated heterocycles. The van der Waals surface area contributed by atoms with Gasteiger partial charge in [-0.3, -0.25) is 4.21 Å². The molecule has 0 spiro atoms. The number of aliphatic hydroxyl groups excluding tert-OH is 1. The van der Waals surface area contributed by atoms with Gasteiger partial charge in [-0.1, -0.05) is 13.3 Å². The predicted molar refractivity (Wildman–Crippen MR) is 89.2 cm³/mol. The van der Waals surface area contributed by atoms with Crippen LogP contribution in [0, 0.1) is 5.92 Å². The highest BCUT2D eigenvalue weighted by molar-refractivity contribution is 7.85. The Hall–Kier alpha value is -0.620. The van der Waals surface area contributed by atoms with E-state index in [0.29, 0.717) is 11.7 Å². The summed E-state index contributed by atoms with van der Waals surface area (Å²) in [6.45, 7) is 5.23. The molecule has 2 aliphatic rings. The lowest BCUT2D eigenvalue weighted by atomic mass is 9.92. The van der Waals surface area contributed by atoms with E-state index >= 15 is 0 Å². The summed E-state index contributed by atoms with van der Waals surface area (Å²) in [5.74, 6) is 1.02. The molecule has 4 atom stereocenters. The number of aliphatic hydroxyl groups is 1. The lowest BCUT2D eigenvalue weighted by molar-refractivity contribution is 0.0790. The summed E-state index contributed by atoms with van der Waals surface area (Å²) in [5.41, 5.74) is 0. The molecule has 1 aliphatic heterocycles. The molecule has 2 fully saturated rings. The van der Waals surface area contributed by atoms with Crippen LogP contribution >= 0.6 is 0 Å². The first-order chi connectivity index (χ1) is 10.5. The molecule has 1 aliphatic carbocycles. The predicted octanol–water partition coefficient (Wildman–Crippen LogP) is 1.87. The third kappa shape index (κ3) is 4.69. The summed E-state index contributed by atoms with van der Waals surface area (Å²) in [5, 5.41) is 13.0. The zero-order valence-electron chi connectivity index (χ0n) is 13.8. The van der Waals surface area contributed by atoms with E-state index in [1.807, 2.05) is 18.7 Å². The lowest BCUT2D eigenvalue weighted by Crippen LogP contribution is -2.50. The van der Waals surface area contributed by atoms with Crippen LogP contribution in [0.3, 0.4) is 0 Å². The van der Waals surface area contributed by atoms with Gasteiger partial charge in [0.05, 0.1) is 6.10 Å². The Bertz CT molecular complexity index is 395. The molecule has 0 radical (unpaired) electrons. The highest BCUT2D eigenvalue weighted by Crippen LogP contribution is 2.24. The van der Waals surface area contributed by atoms with Gasteiger partial charge < -0.3 is 15.3 Å². The van der Waals surface area contributed by atoms with Gasteiger partial charge in [0.15, 0.2) is 0 Å². The Balaban J connectivity index is 1.78. The topological polar surface area (TPSA) is 69.6 Å². The minimum atomic E-state index is -0.756. The Labute approximate surface area is 136 Å². The third-order valence-electron chi connectivity index (χ3n) is 5.12. The van der Waals surface area contributed by atoms with Crippen molar-refractivity contribution in [3.05, 3.63) is 0 Å². The van der Waals surface area contributed by atoms with Crippen LogP contribution in [0.5, 0.6) is 0 Å². The second-order valence-corrected chi connectivity index (χ2v) is 8.68. The number of amides is 2. The standard InChI is InChI=1S/C16H30N2O3S/c1-3-22(21)15-6-4-5-14(11-15)17-16(20)18-9-7-13(8-10-18)12(2)19/h12-15,19H,3-11H2,1-2H3,(H,17,20). The Kier molecular flexibility index (Phi) is 6.68. The maximum absolute atomic E-state index is 12.4. The molecule has 2 amide bonds. The van der Waals surface area contributed by atoms with Crippen molar-refractivity contribution in [2.45, 2.75) is 69.8 Å². The third-order valence-corrected chi connectivity index (χ3v) is 6.86. The zero-order valence-corrected chi connectivity index (χ0v) is 14.6. The van der Waals surface area contributed by atoms with Crippen molar-refractivity contribution >= 4 is 16.8 Å². The molecular weight excluding hydrogens is 300 g/mol. The van der Waals surface area contributed by atoms with Gasteiger partial charge in [-0.2, -0.15) is 0 Å². The molecule has 1 saturated carbocycles. The number of likely N-dealkylation sites (tertiary alicyclic amines) is 1. The Morgan fingerprint density at radius 2 is 2.00 bits per heavy atom. The van der Waals surface area contributed by atoms with Crippen molar-refractivity contribution in [2.75, 3.05) is 18.8 Å². The van der Waals surface area contributed by atoms with Crippen molar-refractivity contribution in [1.29, 1.82) is 0 Å². The number of carbonyl (C=O) groups is 1. The first-order valence-electron chi connectivity index (χ1n) is 8.62. The monoisotopic (exact) mass is 330 g/mol. The van der Waals surface area contributed by atoms with E-state index in [0.717, 1.165) is 51.6 Å². The van der Waals surface area contributed by atoms with E-state index in [4.69, 9.17) is 0 Å². The van der Waals surface area contributed by atoms with Crippen LogP contribution in [0.4, 0.5) is 4.79 Å². The van der Waals surface area contributed by atoms with Gasteiger partial charge in [-0.15, -0.1) is 0 Å². The summed E-state index contributed by atoms with van der Waals surface area (Å²) in [6, 6.07) is 0.174.